The topological polar surface area (TPSA) is 93.8 Å². The normalized spacial score (nSPS) is 11.1. The van der Waals surface area contributed by atoms with Crippen LogP contribution in [0.4, 0.5) is 0 Å². The molecule has 200 valence electrons. The summed E-state index contributed by atoms with van der Waals surface area (Å²) >= 11 is 0. The van der Waals surface area contributed by atoms with Gasteiger partial charge in [-0.2, -0.15) is 0 Å². The molecule has 0 bridgehead atoms. The van der Waals surface area contributed by atoms with Crippen LogP contribution in [0, 0.1) is 0 Å². The molecule has 0 radical (unpaired) electrons. The van der Waals surface area contributed by atoms with Crippen LogP contribution in [-0.2, 0) is 20.0 Å². The summed E-state index contributed by atoms with van der Waals surface area (Å²) < 4.78 is 25.2. The summed E-state index contributed by atoms with van der Waals surface area (Å²) in [5, 5.41) is 0.510. The highest BCUT2D eigenvalue weighted by atomic mass is 16.5. The minimum Gasteiger partial charge on any atom is -0.497 e. The van der Waals surface area contributed by atoms with Crippen LogP contribution in [-0.4, -0.2) is 42.6 Å². The highest BCUT2D eigenvalue weighted by Gasteiger charge is 2.22. The Kier molecular flexibility index (Phi) is 6.98. The lowest BCUT2D eigenvalue weighted by atomic mass is 10.1. The minimum absolute atomic E-state index is 0.0436. The summed E-state index contributed by atoms with van der Waals surface area (Å²) in [6, 6.07) is 18.3. The van der Waals surface area contributed by atoms with Gasteiger partial charge >= 0.3 is 0 Å². The van der Waals surface area contributed by atoms with Gasteiger partial charge in [-0.1, -0.05) is 24.3 Å². The first-order valence-corrected chi connectivity index (χ1v) is 12.4. The van der Waals surface area contributed by atoms with Crippen LogP contribution in [0.1, 0.15) is 5.56 Å². The van der Waals surface area contributed by atoms with Gasteiger partial charge in [0.2, 0.25) is 11.2 Å². The number of aromatic nitrogens is 3. The van der Waals surface area contributed by atoms with Crippen LogP contribution in [0.3, 0.4) is 0 Å². The Morgan fingerprint density at radius 1 is 0.821 bits per heavy atom. The Morgan fingerprint density at radius 3 is 2.10 bits per heavy atom. The molecule has 0 spiro atoms. The average Bonchev–Trinajstić information content (AvgIpc) is 2.98. The van der Waals surface area contributed by atoms with Crippen molar-refractivity contribution < 1.29 is 18.9 Å². The Morgan fingerprint density at radius 2 is 1.49 bits per heavy atom. The fourth-order valence-electron chi connectivity index (χ4n) is 4.86. The number of aryl methyl sites for hydroxylation is 2. The first-order chi connectivity index (χ1) is 18.9. The quantitative estimate of drug-likeness (QED) is 0.279. The van der Waals surface area contributed by atoms with Gasteiger partial charge in [0.25, 0.3) is 5.56 Å². The number of nitrogens with zero attached hydrogens (tertiary/aromatic N) is 3. The lowest BCUT2D eigenvalue weighted by Gasteiger charge is -2.18. The van der Waals surface area contributed by atoms with Crippen molar-refractivity contribution in [3.8, 4) is 34.4 Å². The number of methoxy groups -OCH3 is 4. The van der Waals surface area contributed by atoms with Crippen molar-refractivity contribution in [2.75, 3.05) is 28.4 Å². The van der Waals surface area contributed by atoms with E-state index in [9.17, 15) is 9.59 Å². The van der Waals surface area contributed by atoms with E-state index in [4.69, 9.17) is 23.9 Å². The summed E-state index contributed by atoms with van der Waals surface area (Å²) in [6.07, 6.45) is 0.530. The van der Waals surface area contributed by atoms with Crippen molar-refractivity contribution in [1.29, 1.82) is 0 Å². The summed E-state index contributed by atoms with van der Waals surface area (Å²) in [5.41, 5.74) is 1.82. The van der Waals surface area contributed by atoms with E-state index >= 15 is 0 Å². The van der Waals surface area contributed by atoms with E-state index < -0.39 is 5.56 Å². The van der Waals surface area contributed by atoms with Crippen molar-refractivity contribution in [3.63, 3.8) is 0 Å². The van der Waals surface area contributed by atoms with Crippen molar-refractivity contribution in [1.82, 2.24) is 14.1 Å². The van der Waals surface area contributed by atoms with Gasteiger partial charge in [-0.25, -0.2) is 4.98 Å². The number of hydrogen-bond donors (Lipinski definition) is 0. The second kappa shape index (κ2) is 10.5. The molecule has 5 rings (SSSR count). The number of hydrogen-bond acceptors (Lipinski definition) is 7. The molecule has 0 unspecified atom stereocenters. The number of benzene rings is 3. The Labute approximate surface area is 224 Å². The summed E-state index contributed by atoms with van der Waals surface area (Å²) in [5.74, 6) is 2.41. The molecule has 2 aromatic heterocycles. The van der Waals surface area contributed by atoms with Crippen LogP contribution >= 0.6 is 0 Å². The van der Waals surface area contributed by atoms with Crippen LogP contribution < -0.4 is 29.9 Å². The highest BCUT2D eigenvalue weighted by Crippen LogP contribution is 2.41. The molecule has 2 heterocycles. The lowest BCUT2D eigenvalue weighted by molar-refractivity contribution is 0.324. The Balaban J connectivity index is 1.79. The monoisotopic (exact) mass is 527 g/mol. The van der Waals surface area contributed by atoms with Gasteiger partial charge in [-0.15, -0.1) is 0 Å². The molecule has 5 aromatic rings. The van der Waals surface area contributed by atoms with Crippen molar-refractivity contribution in [2.45, 2.75) is 13.0 Å². The van der Waals surface area contributed by atoms with E-state index in [0.717, 1.165) is 11.3 Å². The maximum absolute atomic E-state index is 14.1. The highest BCUT2D eigenvalue weighted by molar-refractivity contribution is 5.92. The maximum atomic E-state index is 14.1. The van der Waals surface area contributed by atoms with E-state index in [0.29, 0.717) is 51.6 Å². The predicted molar refractivity (Wildman–Crippen MR) is 151 cm³/mol. The molecule has 39 heavy (non-hydrogen) atoms. The number of pyridine rings is 1. The Hall–Kier alpha value is -4.79. The summed E-state index contributed by atoms with van der Waals surface area (Å²) in [7, 11) is 8.00. The smallest absolute Gasteiger partial charge is 0.267 e. The van der Waals surface area contributed by atoms with Crippen LogP contribution in [0.25, 0.3) is 33.3 Å². The van der Waals surface area contributed by atoms with E-state index in [1.807, 2.05) is 36.4 Å². The summed E-state index contributed by atoms with van der Waals surface area (Å²) in [4.78, 5) is 32.6. The molecule has 0 amide bonds. The molecule has 0 atom stereocenters. The van der Waals surface area contributed by atoms with Gasteiger partial charge in [-0.05, 0) is 48.4 Å². The molecule has 0 fully saturated rings. The third kappa shape index (κ3) is 4.46. The number of rotatable bonds is 8. The van der Waals surface area contributed by atoms with Crippen LogP contribution in [0.15, 0.2) is 70.3 Å². The van der Waals surface area contributed by atoms with Gasteiger partial charge in [0.15, 0.2) is 17.1 Å². The second-order valence-corrected chi connectivity index (χ2v) is 9.01. The molecule has 0 aliphatic carbocycles. The lowest BCUT2D eigenvalue weighted by Crippen LogP contribution is -2.30. The first kappa shape index (κ1) is 25.8. The predicted octanol–water partition coefficient (Wildman–Crippen LogP) is 4.19. The maximum Gasteiger partial charge on any atom is 0.267 e. The van der Waals surface area contributed by atoms with Crippen LogP contribution in [0.2, 0.25) is 0 Å². The third-order valence-corrected chi connectivity index (χ3v) is 6.91. The van der Waals surface area contributed by atoms with Crippen molar-refractivity contribution in [3.05, 3.63) is 86.8 Å². The van der Waals surface area contributed by atoms with Crippen LogP contribution in [0.5, 0.6) is 23.0 Å². The fraction of sp³-hybridized carbons (Fsp3) is 0.233. The minimum atomic E-state index is -0.413. The van der Waals surface area contributed by atoms with Crippen molar-refractivity contribution in [2.24, 2.45) is 7.05 Å². The van der Waals surface area contributed by atoms with E-state index in [-0.39, 0.29) is 17.4 Å². The van der Waals surface area contributed by atoms with Gasteiger partial charge in [0, 0.05) is 24.5 Å². The second-order valence-electron chi connectivity index (χ2n) is 9.01. The average molecular weight is 528 g/mol. The molecule has 0 N–H and O–H groups in total. The SMILES string of the molecule is COc1ccc(CCn2c(-c3cc(OC)c(OC)c(OC)c3)nc3c(c(=O)c4ccccc4n3C)c2=O)cc1. The van der Waals surface area contributed by atoms with Gasteiger partial charge in [-0.3, -0.25) is 14.2 Å². The molecule has 0 saturated carbocycles. The largest absolute Gasteiger partial charge is 0.497 e. The zero-order chi connectivity index (χ0) is 27.7. The zero-order valence-corrected chi connectivity index (χ0v) is 22.5. The third-order valence-electron chi connectivity index (χ3n) is 6.91. The number of fused-ring (bicyclic) bond motifs is 2. The molecule has 0 aliphatic rings. The molecular weight excluding hydrogens is 498 g/mol. The van der Waals surface area contributed by atoms with Gasteiger partial charge < -0.3 is 23.5 Å². The molecule has 3 aromatic carbocycles. The van der Waals surface area contributed by atoms with E-state index in [1.165, 1.54) is 21.3 Å². The molecule has 0 aliphatic heterocycles. The summed E-state index contributed by atoms with van der Waals surface area (Å²) in [6.45, 7) is 0.288. The standard InChI is InChI=1S/C30H29N3O6/c1-32-22-9-7-6-8-21(22)26(34)25-29(32)31-28(19-16-23(37-3)27(39-5)24(17-19)38-4)33(30(25)35)15-14-18-10-12-20(36-2)13-11-18/h6-13,16-17H,14-15H2,1-5H3. The van der Waals surface area contributed by atoms with Gasteiger partial charge in [0.05, 0.1) is 34.0 Å². The molecule has 0 saturated heterocycles. The molecular formula is C30H29N3O6. The Bertz CT molecular complexity index is 1780. The van der Waals surface area contributed by atoms with Crippen molar-refractivity contribution >= 4 is 21.9 Å². The fourth-order valence-corrected chi connectivity index (χ4v) is 4.86. The zero-order valence-electron chi connectivity index (χ0n) is 22.5. The number of para-hydroxylation sites is 1. The van der Waals surface area contributed by atoms with Gasteiger partial charge in [0.1, 0.15) is 17.0 Å². The van der Waals surface area contributed by atoms with E-state index in [1.54, 1.807) is 47.6 Å². The number of ether oxygens (including phenoxy) is 4. The van der Waals surface area contributed by atoms with E-state index in [2.05, 4.69) is 0 Å². The molecule has 9 nitrogen and oxygen atoms in total. The first-order valence-electron chi connectivity index (χ1n) is 12.4. The molecule has 9 heteroatoms.